The third kappa shape index (κ3) is 7.73. The Labute approximate surface area is 206 Å². The highest BCUT2D eigenvalue weighted by atomic mass is 14.9. The van der Waals surface area contributed by atoms with Gasteiger partial charge in [0, 0.05) is 17.5 Å². The number of nitrogens with zero attached hydrogens (tertiary/aromatic N) is 1. The fourth-order valence-electron chi connectivity index (χ4n) is 4.18. The van der Waals surface area contributed by atoms with Crippen LogP contribution in [-0.2, 0) is 12.8 Å². The van der Waals surface area contributed by atoms with Crippen molar-refractivity contribution in [1.29, 1.82) is 0 Å². The standard InChI is InChI=1S/C32H40N2/c1-23-16-19-30(26(4)34-25(3)29-14-9-8-10-15-29)21-31(23)33-24(2)17-18-27-12-11-13-28(20-27)22-32(5,6)7/h8-16,19-21,25,34H,4,17-18,22H2,1-3,5-7H3/b33-24-. The monoisotopic (exact) mass is 452 g/mol. The summed E-state index contributed by atoms with van der Waals surface area (Å²) in [6.45, 7) is 17.6. The zero-order valence-corrected chi connectivity index (χ0v) is 21.8. The van der Waals surface area contributed by atoms with Crippen LogP contribution in [0, 0.1) is 12.3 Å². The fraction of sp³-hybridized carbons (Fsp3) is 0.344. The molecule has 178 valence electrons. The maximum absolute atomic E-state index is 4.98. The predicted octanol–water partition coefficient (Wildman–Crippen LogP) is 8.63. The average Bonchev–Trinajstić information content (AvgIpc) is 2.79. The number of hydrogen-bond donors (Lipinski definition) is 1. The quantitative estimate of drug-likeness (QED) is 0.323. The van der Waals surface area contributed by atoms with Crippen LogP contribution in [0.3, 0.4) is 0 Å². The molecule has 0 heterocycles. The molecule has 1 atom stereocenters. The summed E-state index contributed by atoms with van der Waals surface area (Å²) in [4.78, 5) is 4.98. The summed E-state index contributed by atoms with van der Waals surface area (Å²) in [5, 5.41) is 3.54. The highest BCUT2D eigenvalue weighted by molar-refractivity contribution is 5.85. The van der Waals surface area contributed by atoms with E-state index in [0.29, 0.717) is 5.41 Å². The molecule has 0 bridgehead atoms. The molecule has 2 nitrogen and oxygen atoms in total. The zero-order chi connectivity index (χ0) is 24.7. The van der Waals surface area contributed by atoms with Crippen LogP contribution >= 0.6 is 0 Å². The van der Waals surface area contributed by atoms with Crippen molar-refractivity contribution in [1.82, 2.24) is 5.32 Å². The number of nitrogens with one attached hydrogen (secondary N) is 1. The molecule has 34 heavy (non-hydrogen) atoms. The van der Waals surface area contributed by atoms with Crippen LogP contribution < -0.4 is 5.32 Å². The van der Waals surface area contributed by atoms with Crippen LogP contribution in [0.15, 0.2) is 84.4 Å². The van der Waals surface area contributed by atoms with Crippen molar-refractivity contribution in [3.63, 3.8) is 0 Å². The van der Waals surface area contributed by atoms with E-state index in [-0.39, 0.29) is 6.04 Å². The summed E-state index contributed by atoms with van der Waals surface area (Å²) in [6.07, 6.45) is 3.06. The highest BCUT2D eigenvalue weighted by Gasteiger charge is 2.12. The second-order valence-electron chi connectivity index (χ2n) is 10.7. The van der Waals surface area contributed by atoms with Crippen molar-refractivity contribution >= 4 is 17.1 Å². The topological polar surface area (TPSA) is 24.4 Å². The molecule has 0 radical (unpaired) electrons. The Morgan fingerprint density at radius 3 is 2.35 bits per heavy atom. The molecule has 3 aromatic rings. The van der Waals surface area contributed by atoms with Gasteiger partial charge >= 0.3 is 0 Å². The minimum atomic E-state index is 0.192. The SMILES string of the molecule is C=C(NC(C)c1ccccc1)c1ccc(C)c(/N=C(/C)CCc2cccc(CC(C)(C)C)c2)c1. The Kier molecular flexibility index (Phi) is 8.50. The molecule has 3 rings (SSSR count). The molecule has 0 aliphatic rings. The summed E-state index contributed by atoms with van der Waals surface area (Å²) in [5.41, 5.74) is 9.69. The normalized spacial score (nSPS) is 12.9. The van der Waals surface area contributed by atoms with E-state index in [2.05, 4.69) is 120 Å². The van der Waals surface area contributed by atoms with Gasteiger partial charge in [-0.05, 0) is 79.3 Å². The van der Waals surface area contributed by atoms with Crippen molar-refractivity contribution in [2.45, 2.75) is 66.8 Å². The number of rotatable bonds is 9. The lowest BCUT2D eigenvalue weighted by Gasteiger charge is -2.18. The molecule has 0 saturated carbocycles. The Balaban J connectivity index is 1.66. The highest BCUT2D eigenvalue weighted by Crippen LogP contribution is 2.26. The smallest absolute Gasteiger partial charge is 0.0664 e. The first kappa shape index (κ1) is 25.5. The van der Waals surface area contributed by atoms with Gasteiger partial charge in [0.1, 0.15) is 0 Å². The molecule has 0 saturated heterocycles. The minimum absolute atomic E-state index is 0.192. The van der Waals surface area contributed by atoms with E-state index in [4.69, 9.17) is 4.99 Å². The largest absolute Gasteiger partial charge is 0.379 e. The summed E-state index contributed by atoms with van der Waals surface area (Å²) in [5.74, 6) is 0. The second kappa shape index (κ2) is 11.3. The third-order valence-electron chi connectivity index (χ3n) is 6.06. The summed E-state index contributed by atoms with van der Waals surface area (Å²) in [7, 11) is 0. The van der Waals surface area contributed by atoms with Gasteiger partial charge in [-0.2, -0.15) is 0 Å². The Bertz CT molecular complexity index is 1130. The van der Waals surface area contributed by atoms with E-state index in [1.54, 1.807) is 0 Å². The van der Waals surface area contributed by atoms with E-state index < -0.39 is 0 Å². The van der Waals surface area contributed by atoms with Crippen LogP contribution in [0.4, 0.5) is 5.69 Å². The van der Waals surface area contributed by atoms with Crippen LogP contribution in [0.1, 0.15) is 74.9 Å². The van der Waals surface area contributed by atoms with Crippen LogP contribution in [-0.4, -0.2) is 5.71 Å². The predicted molar refractivity (Wildman–Crippen MR) is 149 cm³/mol. The maximum atomic E-state index is 4.98. The molecule has 0 fully saturated rings. The first-order valence-corrected chi connectivity index (χ1v) is 12.3. The number of hydrogen-bond acceptors (Lipinski definition) is 2. The number of benzene rings is 3. The number of aryl methyl sites for hydroxylation is 2. The molecular weight excluding hydrogens is 412 g/mol. The molecule has 0 aliphatic heterocycles. The molecule has 3 aromatic carbocycles. The van der Waals surface area contributed by atoms with Gasteiger partial charge in [0.05, 0.1) is 5.69 Å². The fourth-order valence-corrected chi connectivity index (χ4v) is 4.18. The molecule has 1 unspecified atom stereocenters. The lowest BCUT2D eigenvalue weighted by atomic mass is 9.87. The van der Waals surface area contributed by atoms with Crippen LogP contribution in [0.2, 0.25) is 0 Å². The lowest BCUT2D eigenvalue weighted by Crippen LogP contribution is -2.16. The van der Waals surface area contributed by atoms with E-state index in [9.17, 15) is 0 Å². The van der Waals surface area contributed by atoms with Crippen molar-refractivity contribution in [3.8, 4) is 0 Å². The van der Waals surface area contributed by atoms with E-state index in [1.807, 2.05) is 6.07 Å². The first-order valence-electron chi connectivity index (χ1n) is 12.3. The molecular formula is C32H40N2. The van der Waals surface area contributed by atoms with Gasteiger partial charge in [-0.1, -0.05) is 94.1 Å². The molecule has 0 spiro atoms. The van der Waals surface area contributed by atoms with Gasteiger partial charge in [-0.25, -0.2) is 0 Å². The Morgan fingerprint density at radius 1 is 0.941 bits per heavy atom. The maximum Gasteiger partial charge on any atom is 0.0664 e. The van der Waals surface area contributed by atoms with Crippen molar-refractivity contribution < 1.29 is 0 Å². The lowest BCUT2D eigenvalue weighted by molar-refractivity contribution is 0.411. The van der Waals surface area contributed by atoms with Crippen molar-refractivity contribution in [2.24, 2.45) is 10.4 Å². The third-order valence-corrected chi connectivity index (χ3v) is 6.06. The van der Waals surface area contributed by atoms with Gasteiger partial charge in [0.2, 0.25) is 0 Å². The number of aliphatic imine (C=N–C) groups is 1. The van der Waals surface area contributed by atoms with Crippen molar-refractivity contribution in [2.75, 3.05) is 0 Å². The summed E-state index contributed by atoms with van der Waals surface area (Å²) in [6, 6.07) is 26.1. The zero-order valence-electron chi connectivity index (χ0n) is 21.8. The molecule has 0 amide bonds. The van der Waals surface area contributed by atoms with Gasteiger partial charge in [0.25, 0.3) is 0 Å². The van der Waals surface area contributed by atoms with Crippen LogP contribution in [0.25, 0.3) is 5.70 Å². The van der Waals surface area contributed by atoms with E-state index >= 15 is 0 Å². The molecule has 0 aromatic heterocycles. The Morgan fingerprint density at radius 2 is 1.65 bits per heavy atom. The molecule has 1 N–H and O–H groups in total. The van der Waals surface area contributed by atoms with Gasteiger partial charge in [-0.3, -0.25) is 4.99 Å². The van der Waals surface area contributed by atoms with Gasteiger partial charge < -0.3 is 5.32 Å². The molecule has 2 heteroatoms. The van der Waals surface area contributed by atoms with E-state index in [0.717, 1.165) is 41.9 Å². The van der Waals surface area contributed by atoms with Gasteiger partial charge in [-0.15, -0.1) is 0 Å². The first-order chi connectivity index (χ1) is 16.1. The molecule has 0 aliphatic carbocycles. The Hall–Kier alpha value is -3.13. The summed E-state index contributed by atoms with van der Waals surface area (Å²) >= 11 is 0. The minimum Gasteiger partial charge on any atom is -0.379 e. The van der Waals surface area contributed by atoms with Gasteiger partial charge in [0.15, 0.2) is 0 Å². The van der Waals surface area contributed by atoms with Crippen molar-refractivity contribution in [3.05, 3.63) is 107 Å². The second-order valence-corrected chi connectivity index (χ2v) is 10.7. The average molecular weight is 453 g/mol. The van der Waals surface area contributed by atoms with Crippen LogP contribution in [0.5, 0.6) is 0 Å². The summed E-state index contributed by atoms with van der Waals surface area (Å²) < 4.78 is 0. The van der Waals surface area contributed by atoms with E-state index in [1.165, 1.54) is 22.3 Å².